The minimum atomic E-state index is 0.221. The van der Waals surface area contributed by atoms with E-state index in [2.05, 4.69) is 28.5 Å². The van der Waals surface area contributed by atoms with Crippen molar-refractivity contribution < 1.29 is 9.15 Å². The molecule has 0 aromatic carbocycles. The Morgan fingerprint density at radius 3 is 2.88 bits per heavy atom. The zero-order valence-electron chi connectivity index (χ0n) is 15.4. The third-order valence-corrected chi connectivity index (χ3v) is 4.81. The van der Waals surface area contributed by atoms with E-state index in [0.29, 0.717) is 6.54 Å². The number of aliphatic imine (C=N–C) groups is 1. The molecule has 1 aliphatic carbocycles. The number of hydrogen-bond donors (Lipinski definition) is 2. The normalized spacial score (nSPS) is 20.0. The Morgan fingerprint density at radius 2 is 2.20 bits per heavy atom. The van der Waals surface area contributed by atoms with E-state index in [-0.39, 0.29) is 6.04 Å². The number of furan rings is 1. The summed E-state index contributed by atoms with van der Waals surface area (Å²) < 4.78 is 11.4. The van der Waals surface area contributed by atoms with Crippen LogP contribution in [0.15, 0.2) is 27.8 Å². The van der Waals surface area contributed by atoms with Crippen molar-refractivity contribution in [3.8, 4) is 0 Å². The quantitative estimate of drug-likeness (QED) is 0.386. The van der Waals surface area contributed by atoms with Crippen molar-refractivity contribution in [2.24, 2.45) is 10.9 Å². The maximum absolute atomic E-state index is 5.68. The fraction of sp³-hybridized carbons (Fsp3) is 0.737. The van der Waals surface area contributed by atoms with Gasteiger partial charge in [0.25, 0.3) is 0 Å². The van der Waals surface area contributed by atoms with Crippen molar-refractivity contribution in [2.45, 2.75) is 38.6 Å². The Kier molecular flexibility index (Phi) is 7.18. The highest BCUT2D eigenvalue weighted by Crippen LogP contribution is 2.28. The van der Waals surface area contributed by atoms with Gasteiger partial charge in [0.05, 0.1) is 25.5 Å². The molecule has 1 aliphatic heterocycles. The van der Waals surface area contributed by atoms with E-state index in [1.807, 2.05) is 6.07 Å². The van der Waals surface area contributed by atoms with Crippen molar-refractivity contribution >= 4 is 5.96 Å². The Hall–Kier alpha value is -1.53. The van der Waals surface area contributed by atoms with Gasteiger partial charge in [-0.15, -0.1) is 0 Å². The summed E-state index contributed by atoms with van der Waals surface area (Å²) in [5.74, 6) is 2.68. The molecule has 1 aromatic heterocycles. The van der Waals surface area contributed by atoms with Crippen LogP contribution < -0.4 is 10.6 Å². The predicted molar refractivity (Wildman–Crippen MR) is 99.8 cm³/mol. The van der Waals surface area contributed by atoms with Crippen molar-refractivity contribution in [3.05, 3.63) is 24.2 Å². The van der Waals surface area contributed by atoms with Crippen LogP contribution in [0.2, 0.25) is 0 Å². The van der Waals surface area contributed by atoms with E-state index in [1.165, 1.54) is 25.7 Å². The molecular formula is C19H32N4O2. The van der Waals surface area contributed by atoms with E-state index < -0.39 is 0 Å². The highest BCUT2D eigenvalue weighted by atomic mass is 16.5. The first-order chi connectivity index (χ1) is 12.4. The highest BCUT2D eigenvalue weighted by Gasteiger charge is 2.25. The molecule has 2 N–H and O–H groups in total. The number of guanidine groups is 1. The maximum atomic E-state index is 5.68. The van der Waals surface area contributed by atoms with E-state index in [4.69, 9.17) is 14.1 Å². The van der Waals surface area contributed by atoms with Gasteiger partial charge in [-0.1, -0.05) is 0 Å². The standard InChI is InChI=1S/C19H32N4O2/c1-2-20-19(21-9-13-24-15-16-7-8-16)22-14-17(18-6-5-12-25-18)23-10-3-4-11-23/h5-6,12,16-17H,2-4,7-11,13-15H2,1H3,(H2,20,21,22). The van der Waals surface area contributed by atoms with Crippen molar-refractivity contribution in [1.82, 2.24) is 15.5 Å². The molecule has 1 saturated heterocycles. The molecule has 1 unspecified atom stereocenters. The number of rotatable bonds is 10. The minimum absolute atomic E-state index is 0.221. The maximum Gasteiger partial charge on any atom is 0.191 e. The molecule has 0 radical (unpaired) electrons. The lowest BCUT2D eigenvalue weighted by molar-refractivity contribution is 0.129. The second kappa shape index (κ2) is 9.82. The number of nitrogens with zero attached hydrogens (tertiary/aromatic N) is 2. The first kappa shape index (κ1) is 18.3. The lowest BCUT2D eigenvalue weighted by Gasteiger charge is -2.24. The summed E-state index contributed by atoms with van der Waals surface area (Å²) in [6, 6.07) is 4.24. The summed E-state index contributed by atoms with van der Waals surface area (Å²) in [6.07, 6.45) is 6.95. The molecule has 0 bridgehead atoms. The summed E-state index contributed by atoms with van der Waals surface area (Å²) in [4.78, 5) is 7.27. The van der Waals surface area contributed by atoms with E-state index >= 15 is 0 Å². The second-order valence-corrected chi connectivity index (χ2v) is 6.94. The van der Waals surface area contributed by atoms with Gasteiger partial charge >= 0.3 is 0 Å². The van der Waals surface area contributed by atoms with Crippen LogP contribution >= 0.6 is 0 Å². The average molecular weight is 348 g/mol. The van der Waals surface area contributed by atoms with Crippen LogP contribution in [0.3, 0.4) is 0 Å². The second-order valence-electron chi connectivity index (χ2n) is 6.94. The van der Waals surface area contributed by atoms with E-state index in [9.17, 15) is 0 Å². The zero-order chi connectivity index (χ0) is 17.3. The monoisotopic (exact) mass is 348 g/mol. The molecule has 2 fully saturated rings. The molecule has 1 aromatic rings. The van der Waals surface area contributed by atoms with E-state index in [0.717, 1.165) is 57.0 Å². The SMILES string of the molecule is CCNC(=NCC(c1ccco1)N1CCCC1)NCCOCC1CC1. The summed E-state index contributed by atoms with van der Waals surface area (Å²) in [7, 11) is 0. The molecule has 6 nitrogen and oxygen atoms in total. The summed E-state index contributed by atoms with van der Waals surface area (Å²) in [5.41, 5.74) is 0. The fourth-order valence-corrected chi connectivity index (χ4v) is 3.22. The summed E-state index contributed by atoms with van der Waals surface area (Å²) >= 11 is 0. The number of hydrogen-bond acceptors (Lipinski definition) is 4. The Labute approximate surface area is 151 Å². The molecule has 1 saturated carbocycles. The van der Waals surface area contributed by atoms with Crippen LogP contribution in [-0.4, -0.2) is 56.8 Å². The predicted octanol–water partition coefficient (Wildman–Crippen LogP) is 2.40. The smallest absolute Gasteiger partial charge is 0.191 e. The number of nitrogens with one attached hydrogen (secondary N) is 2. The largest absolute Gasteiger partial charge is 0.468 e. The van der Waals surface area contributed by atoms with Crippen LogP contribution in [0.4, 0.5) is 0 Å². The average Bonchev–Trinajstić information content (AvgIpc) is 3.07. The molecule has 3 rings (SSSR count). The molecule has 2 aliphatic rings. The molecule has 0 spiro atoms. The number of likely N-dealkylation sites (tertiary alicyclic amines) is 1. The molecule has 0 amide bonds. The molecule has 2 heterocycles. The van der Waals surface area contributed by atoms with Crippen LogP contribution in [0, 0.1) is 5.92 Å². The zero-order valence-corrected chi connectivity index (χ0v) is 15.4. The van der Waals surface area contributed by atoms with Crippen molar-refractivity contribution in [3.63, 3.8) is 0 Å². The fourth-order valence-electron chi connectivity index (χ4n) is 3.22. The number of ether oxygens (including phenoxy) is 1. The van der Waals surface area contributed by atoms with Gasteiger partial charge in [0, 0.05) is 19.7 Å². The van der Waals surface area contributed by atoms with Gasteiger partial charge in [-0.3, -0.25) is 9.89 Å². The molecular weight excluding hydrogens is 316 g/mol. The molecule has 25 heavy (non-hydrogen) atoms. The van der Waals surface area contributed by atoms with Gasteiger partial charge in [-0.05, 0) is 63.7 Å². The molecule has 140 valence electrons. The molecule has 1 atom stereocenters. The van der Waals surface area contributed by atoms with Gasteiger partial charge in [0.1, 0.15) is 5.76 Å². The Balaban J connectivity index is 1.49. The summed E-state index contributed by atoms with van der Waals surface area (Å²) in [5, 5.41) is 6.69. The van der Waals surface area contributed by atoms with Crippen LogP contribution in [0.1, 0.15) is 44.4 Å². The summed E-state index contributed by atoms with van der Waals surface area (Å²) in [6.45, 7) is 8.31. The van der Waals surface area contributed by atoms with Crippen LogP contribution in [0.5, 0.6) is 0 Å². The first-order valence-corrected chi connectivity index (χ1v) is 9.74. The molecule has 6 heteroatoms. The first-order valence-electron chi connectivity index (χ1n) is 9.74. The van der Waals surface area contributed by atoms with Crippen LogP contribution in [-0.2, 0) is 4.74 Å². The van der Waals surface area contributed by atoms with Crippen molar-refractivity contribution in [1.29, 1.82) is 0 Å². The van der Waals surface area contributed by atoms with Gasteiger partial charge < -0.3 is 19.8 Å². The lowest BCUT2D eigenvalue weighted by atomic mass is 10.2. The van der Waals surface area contributed by atoms with Gasteiger partial charge in [0.15, 0.2) is 5.96 Å². The lowest BCUT2D eigenvalue weighted by Crippen LogP contribution is -2.40. The van der Waals surface area contributed by atoms with Gasteiger partial charge in [-0.25, -0.2) is 0 Å². The van der Waals surface area contributed by atoms with Gasteiger partial charge in [-0.2, -0.15) is 0 Å². The van der Waals surface area contributed by atoms with Gasteiger partial charge in [0.2, 0.25) is 0 Å². The Morgan fingerprint density at radius 1 is 1.36 bits per heavy atom. The minimum Gasteiger partial charge on any atom is -0.468 e. The topological polar surface area (TPSA) is 62.0 Å². The third-order valence-electron chi connectivity index (χ3n) is 4.81. The van der Waals surface area contributed by atoms with Crippen LogP contribution in [0.25, 0.3) is 0 Å². The van der Waals surface area contributed by atoms with Crippen molar-refractivity contribution in [2.75, 3.05) is 45.9 Å². The Bertz CT molecular complexity index is 508. The highest BCUT2D eigenvalue weighted by molar-refractivity contribution is 5.79. The van der Waals surface area contributed by atoms with E-state index in [1.54, 1.807) is 6.26 Å². The third kappa shape index (κ3) is 6.04.